The first-order valence-electron chi connectivity index (χ1n) is 8.56. The third-order valence-electron chi connectivity index (χ3n) is 5.47. The molecular weight excluding hydrogens is 366 g/mol. The van der Waals surface area contributed by atoms with Gasteiger partial charge in [-0.3, -0.25) is 4.90 Å². The summed E-state index contributed by atoms with van der Waals surface area (Å²) in [7, 11) is 0. The minimum absolute atomic E-state index is 0. The highest BCUT2D eigenvalue weighted by Crippen LogP contribution is 2.47. The van der Waals surface area contributed by atoms with Crippen molar-refractivity contribution in [3.05, 3.63) is 59.2 Å². The third kappa shape index (κ3) is 3.05. The van der Waals surface area contributed by atoms with E-state index in [-0.39, 0.29) is 28.5 Å². The Balaban J connectivity index is 0.00000169. The lowest BCUT2D eigenvalue weighted by Gasteiger charge is -2.37. The van der Waals surface area contributed by atoms with Crippen LogP contribution in [0.1, 0.15) is 47.9 Å². The van der Waals surface area contributed by atoms with Gasteiger partial charge in [0.1, 0.15) is 0 Å². The quantitative estimate of drug-likeness (QED) is 0.740. The van der Waals surface area contributed by atoms with Crippen LogP contribution in [0.25, 0.3) is 0 Å². The lowest BCUT2D eigenvalue weighted by Crippen LogP contribution is -2.31. The Labute approximate surface area is 153 Å². The number of hydrogen-bond acceptors (Lipinski definition) is 3. The Morgan fingerprint density at radius 3 is 2.33 bits per heavy atom. The highest BCUT2D eigenvalue weighted by Gasteiger charge is 2.34. The van der Waals surface area contributed by atoms with Crippen molar-refractivity contribution in [1.82, 2.24) is 4.90 Å². The van der Waals surface area contributed by atoms with E-state index in [2.05, 4.69) is 29.2 Å². The number of aromatic hydroxyl groups is 2. The van der Waals surface area contributed by atoms with E-state index in [1.54, 1.807) is 6.07 Å². The first kappa shape index (κ1) is 17.3. The van der Waals surface area contributed by atoms with Gasteiger partial charge in [-0.25, -0.2) is 0 Å². The van der Waals surface area contributed by atoms with Gasteiger partial charge in [-0.1, -0.05) is 36.4 Å². The Bertz CT molecular complexity index is 698. The molecule has 0 saturated carbocycles. The molecule has 2 N–H and O–H groups in total. The van der Waals surface area contributed by atoms with Crippen LogP contribution in [-0.4, -0.2) is 28.2 Å². The number of halogens is 1. The van der Waals surface area contributed by atoms with Crippen LogP contribution in [0.2, 0.25) is 0 Å². The van der Waals surface area contributed by atoms with Gasteiger partial charge in [0, 0.05) is 11.6 Å². The van der Waals surface area contributed by atoms with Crippen LogP contribution in [0, 0.1) is 0 Å². The zero-order chi connectivity index (χ0) is 15.8. The summed E-state index contributed by atoms with van der Waals surface area (Å²) in [5.41, 5.74) is 3.46. The number of likely N-dealkylation sites (tertiary alicyclic amines) is 1. The molecule has 0 radical (unpaired) electrons. The van der Waals surface area contributed by atoms with E-state index in [0.29, 0.717) is 12.0 Å². The topological polar surface area (TPSA) is 43.7 Å². The average molecular weight is 390 g/mol. The fraction of sp³-hybridized carbons (Fsp3) is 0.400. The number of nitrogens with zero attached hydrogens (tertiary/aromatic N) is 1. The summed E-state index contributed by atoms with van der Waals surface area (Å²) in [4.78, 5) is 2.55. The maximum atomic E-state index is 10.4. The molecule has 0 amide bonds. The molecule has 1 aliphatic heterocycles. The van der Waals surface area contributed by atoms with Crippen molar-refractivity contribution in [2.45, 2.75) is 37.6 Å². The summed E-state index contributed by atoms with van der Waals surface area (Å²) in [6.07, 6.45) is 4.39. The number of phenolic OH excluding ortho intramolecular Hbond substituents is 2. The zero-order valence-corrected chi connectivity index (χ0v) is 15.4. The highest BCUT2D eigenvalue weighted by molar-refractivity contribution is 8.93. The Morgan fingerprint density at radius 2 is 1.62 bits per heavy atom. The van der Waals surface area contributed by atoms with Crippen molar-refractivity contribution in [3.63, 3.8) is 0 Å². The fourth-order valence-electron chi connectivity index (χ4n) is 4.27. The van der Waals surface area contributed by atoms with E-state index in [1.165, 1.54) is 24.0 Å². The predicted molar refractivity (Wildman–Crippen MR) is 101 cm³/mol. The van der Waals surface area contributed by atoms with E-state index in [4.69, 9.17) is 0 Å². The van der Waals surface area contributed by atoms with Gasteiger partial charge in [0.25, 0.3) is 0 Å². The number of phenols is 2. The Morgan fingerprint density at radius 1 is 0.917 bits per heavy atom. The number of hydrogen-bond donors (Lipinski definition) is 2. The number of rotatable bonds is 2. The summed E-state index contributed by atoms with van der Waals surface area (Å²) < 4.78 is 0. The molecule has 0 unspecified atom stereocenters. The lowest BCUT2D eigenvalue weighted by atomic mass is 9.76. The van der Waals surface area contributed by atoms with Crippen molar-refractivity contribution in [1.29, 1.82) is 0 Å². The second kappa shape index (κ2) is 7.16. The fourth-order valence-corrected chi connectivity index (χ4v) is 4.27. The minimum atomic E-state index is -0.00219. The maximum Gasteiger partial charge on any atom is 0.161 e. The molecule has 1 aliphatic carbocycles. The van der Waals surface area contributed by atoms with E-state index in [9.17, 15) is 10.2 Å². The van der Waals surface area contributed by atoms with Gasteiger partial charge in [0.2, 0.25) is 0 Å². The molecule has 4 heteroatoms. The van der Waals surface area contributed by atoms with Gasteiger partial charge in [-0.2, -0.15) is 0 Å². The van der Waals surface area contributed by atoms with Crippen LogP contribution >= 0.6 is 17.0 Å². The molecule has 1 heterocycles. The Hall–Kier alpha value is -1.52. The molecule has 2 aromatic rings. The summed E-state index contributed by atoms with van der Waals surface area (Å²) in [5.74, 6) is 0.465. The molecule has 3 nitrogen and oxygen atoms in total. The second-order valence-corrected chi connectivity index (χ2v) is 6.81. The van der Waals surface area contributed by atoms with E-state index in [0.717, 1.165) is 31.5 Å². The lowest BCUT2D eigenvalue weighted by molar-refractivity contribution is 0.209. The van der Waals surface area contributed by atoms with E-state index >= 15 is 0 Å². The van der Waals surface area contributed by atoms with E-state index in [1.807, 2.05) is 12.1 Å². The number of fused-ring (bicyclic) bond motifs is 1. The molecule has 1 saturated heterocycles. The minimum Gasteiger partial charge on any atom is -0.504 e. The molecule has 24 heavy (non-hydrogen) atoms. The van der Waals surface area contributed by atoms with Gasteiger partial charge >= 0.3 is 0 Å². The van der Waals surface area contributed by atoms with Crippen LogP contribution in [0.3, 0.4) is 0 Å². The highest BCUT2D eigenvalue weighted by atomic mass is 79.9. The third-order valence-corrected chi connectivity index (χ3v) is 5.47. The van der Waals surface area contributed by atoms with E-state index < -0.39 is 0 Å². The predicted octanol–water partition coefficient (Wildman–Crippen LogP) is 4.54. The summed E-state index contributed by atoms with van der Waals surface area (Å²) in [6, 6.07) is 14.6. The molecular formula is C20H24BrNO2. The molecule has 2 aromatic carbocycles. The van der Waals surface area contributed by atoms with Gasteiger partial charge in [0.05, 0.1) is 0 Å². The molecule has 1 fully saturated rings. The van der Waals surface area contributed by atoms with Crippen molar-refractivity contribution in [2.24, 2.45) is 0 Å². The monoisotopic (exact) mass is 389 g/mol. The molecule has 0 aromatic heterocycles. The van der Waals surface area contributed by atoms with Crippen LogP contribution in [0.5, 0.6) is 11.5 Å². The zero-order valence-electron chi connectivity index (χ0n) is 13.7. The normalized spacial score (nSPS) is 23.5. The van der Waals surface area contributed by atoms with Crippen molar-refractivity contribution in [2.75, 3.05) is 13.1 Å². The first-order valence-corrected chi connectivity index (χ1v) is 8.56. The second-order valence-electron chi connectivity index (χ2n) is 6.81. The summed E-state index contributed by atoms with van der Waals surface area (Å²) >= 11 is 0. The van der Waals surface area contributed by atoms with Gasteiger partial charge in [0.15, 0.2) is 11.5 Å². The smallest absolute Gasteiger partial charge is 0.161 e. The van der Waals surface area contributed by atoms with Crippen molar-refractivity contribution >= 4 is 17.0 Å². The maximum absolute atomic E-state index is 10.4. The van der Waals surface area contributed by atoms with Crippen LogP contribution in [-0.2, 0) is 6.42 Å². The van der Waals surface area contributed by atoms with Crippen LogP contribution in [0.4, 0.5) is 0 Å². The van der Waals surface area contributed by atoms with Gasteiger partial charge in [-0.15, -0.1) is 17.0 Å². The van der Waals surface area contributed by atoms with Gasteiger partial charge < -0.3 is 10.2 Å². The summed E-state index contributed by atoms with van der Waals surface area (Å²) in [6.45, 7) is 2.26. The molecule has 2 atom stereocenters. The van der Waals surface area contributed by atoms with Gasteiger partial charge in [-0.05, 0) is 61.9 Å². The molecule has 0 bridgehead atoms. The van der Waals surface area contributed by atoms with Crippen molar-refractivity contribution < 1.29 is 10.2 Å². The molecule has 128 valence electrons. The van der Waals surface area contributed by atoms with Crippen molar-refractivity contribution in [3.8, 4) is 11.5 Å². The summed E-state index contributed by atoms with van der Waals surface area (Å²) in [5, 5.41) is 20.3. The van der Waals surface area contributed by atoms with Crippen LogP contribution in [0.15, 0.2) is 42.5 Å². The van der Waals surface area contributed by atoms with Crippen LogP contribution < -0.4 is 0 Å². The molecule has 0 spiro atoms. The Kier molecular flexibility index (Phi) is 5.16. The molecule has 4 rings (SSSR count). The standard InChI is InChI=1S/C20H23NO2.BrH/c22-19-9-8-16-17(20(19)23)12-15(14-6-2-1-3-7-14)13-18(16)21-10-4-5-11-21;/h1-3,6-9,15,18,22-23H,4-5,10-13H2;1H/t15-,18+;/m0./s1. The molecule has 2 aliphatic rings. The number of benzene rings is 2. The average Bonchev–Trinajstić information content (AvgIpc) is 3.13. The largest absolute Gasteiger partial charge is 0.504 e. The first-order chi connectivity index (χ1) is 11.2. The SMILES string of the molecule is Br.Oc1ccc2c(c1O)C[C@H](c1ccccc1)C[C@H]2N1CCCC1.